The number of likely N-dealkylation sites (tertiary alicyclic amines) is 2. The van der Waals surface area contributed by atoms with Crippen molar-refractivity contribution in [2.24, 2.45) is 0 Å². The van der Waals surface area contributed by atoms with Crippen molar-refractivity contribution in [3.63, 3.8) is 0 Å². The topological polar surface area (TPSA) is 54.3 Å². The molecular formula is C23H33N5OS. The van der Waals surface area contributed by atoms with E-state index in [1.807, 2.05) is 23.1 Å². The number of para-hydroxylation sites is 1. The summed E-state index contributed by atoms with van der Waals surface area (Å²) in [5, 5.41) is 9.83. The van der Waals surface area contributed by atoms with Gasteiger partial charge in [-0.15, -0.1) is 10.2 Å². The second-order valence-corrected chi connectivity index (χ2v) is 9.29. The van der Waals surface area contributed by atoms with Crippen LogP contribution in [0.1, 0.15) is 57.2 Å². The highest BCUT2D eigenvalue weighted by molar-refractivity contribution is 7.99. The van der Waals surface area contributed by atoms with Gasteiger partial charge in [-0.25, -0.2) is 0 Å². The van der Waals surface area contributed by atoms with E-state index in [2.05, 4.69) is 31.8 Å². The number of carbonyl (C=O) groups is 1. The van der Waals surface area contributed by atoms with E-state index in [9.17, 15) is 4.79 Å². The van der Waals surface area contributed by atoms with Crippen molar-refractivity contribution in [1.29, 1.82) is 0 Å². The first-order chi connectivity index (χ1) is 14.8. The highest BCUT2D eigenvalue weighted by atomic mass is 32.2. The average Bonchev–Trinajstić information content (AvgIpc) is 3.15. The molecule has 0 N–H and O–H groups in total. The summed E-state index contributed by atoms with van der Waals surface area (Å²) < 4.78 is 2.14. The van der Waals surface area contributed by atoms with E-state index in [4.69, 9.17) is 0 Å². The van der Waals surface area contributed by atoms with Crippen molar-refractivity contribution in [3.8, 4) is 5.69 Å². The molecule has 1 aromatic carbocycles. The molecule has 1 aromatic heterocycles. The Morgan fingerprint density at radius 1 is 0.833 bits per heavy atom. The standard InChI is InChI=1S/C23H33N5OS/c29-22(27-16-10-2-1-3-11-17-27)19-30-23-25-24-21(18-26-14-8-5-9-15-26)28(23)20-12-6-4-7-13-20/h4,6-7,12-13H,1-3,5,8-11,14-19H2. The molecule has 2 fully saturated rings. The van der Waals surface area contributed by atoms with Crippen LogP contribution < -0.4 is 0 Å². The van der Waals surface area contributed by atoms with Crippen molar-refractivity contribution in [2.75, 3.05) is 31.9 Å². The molecule has 6 nitrogen and oxygen atoms in total. The van der Waals surface area contributed by atoms with Gasteiger partial charge in [0.1, 0.15) is 0 Å². The first-order valence-corrected chi connectivity index (χ1v) is 12.4. The average molecular weight is 428 g/mol. The van der Waals surface area contributed by atoms with E-state index >= 15 is 0 Å². The van der Waals surface area contributed by atoms with Crippen molar-refractivity contribution >= 4 is 17.7 Å². The molecule has 0 atom stereocenters. The second-order valence-electron chi connectivity index (χ2n) is 8.34. The number of rotatable bonds is 6. The maximum atomic E-state index is 12.8. The van der Waals surface area contributed by atoms with Crippen LogP contribution in [-0.2, 0) is 11.3 Å². The molecule has 0 unspecified atom stereocenters. The van der Waals surface area contributed by atoms with Gasteiger partial charge in [-0.2, -0.15) is 0 Å². The zero-order valence-corrected chi connectivity index (χ0v) is 18.7. The van der Waals surface area contributed by atoms with Gasteiger partial charge in [-0.3, -0.25) is 14.3 Å². The normalized spacial score (nSPS) is 18.7. The molecule has 0 spiro atoms. The van der Waals surface area contributed by atoms with Gasteiger partial charge in [-0.1, -0.05) is 55.6 Å². The number of hydrogen-bond donors (Lipinski definition) is 0. The van der Waals surface area contributed by atoms with Gasteiger partial charge in [0.25, 0.3) is 0 Å². The molecule has 0 aliphatic carbocycles. The first-order valence-electron chi connectivity index (χ1n) is 11.4. The Bertz CT molecular complexity index is 795. The minimum absolute atomic E-state index is 0.224. The minimum atomic E-state index is 0.224. The molecule has 2 saturated heterocycles. The summed E-state index contributed by atoms with van der Waals surface area (Å²) in [6.45, 7) is 4.84. The zero-order chi connectivity index (χ0) is 20.6. The van der Waals surface area contributed by atoms with Crippen LogP contribution >= 0.6 is 11.8 Å². The van der Waals surface area contributed by atoms with Crippen molar-refractivity contribution in [3.05, 3.63) is 36.2 Å². The molecule has 2 aromatic rings. The lowest BCUT2D eigenvalue weighted by atomic mass is 10.1. The first kappa shape index (κ1) is 21.4. The molecule has 7 heteroatoms. The summed E-state index contributed by atoms with van der Waals surface area (Å²) in [7, 11) is 0. The molecule has 3 heterocycles. The number of benzene rings is 1. The fourth-order valence-electron chi connectivity index (χ4n) is 4.36. The van der Waals surface area contributed by atoms with Gasteiger partial charge in [0.2, 0.25) is 5.91 Å². The summed E-state index contributed by atoms with van der Waals surface area (Å²) in [5.74, 6) is 1.61. The number of hydrogen-bond acceptors (Lipinski definition) is 5. The van der Waals surface area contributed by atoms with E-state index < -0.39 is 0 Å². The largest absolute Gasteiger partial charge is 0.342 e. The number of nitrogens with zero attached hydrogens (tertiary/aromatic N) is 5. The molecule has 4 rings (SSSR count). The lowest BCUT2D eigenvalue weighted by molar-refractivity contribution is -0.128. The third kappa shape index (κ3) is 5.64. The number of carbonyl (C=O) groups excluding carboxylic acids is 1. The third-order valence-corrected chi connectivity index (χ3v) is 6.98. The van der Waals surface area contributed by atoms with Gasteiger partial charge in [-0.05, 0) is 50.9 Å². The monoisotopic (exact) mass is 427 g/mol. The summed E-state index contributed by atoms with van der Waals surface area (Å²) in [4.78, 5) is 17.4. The third-order valence-electron chi connectivity index (χ3n) is 6.06. The van der Waals surface area contributed by atoms with Crippen LogP contribution in [0.25, 0.3) is 5.69 Å². The van der Waals surface area contributed by atoms with Gasteiger partial charge >= 0.3 is 0 Å². The van der Waals surface area contributed by atoms with Gasteiger partial charge in [0.15, 0.2) is 11.0 Å². The maximum Gasteiger partial charge on any atom is 0.233 e. The molecule has 1 amide bonds. The Kier molecular flexibility index (Phi) is 7.81. The smallest absolute Gasteiger partial charge is 0.233 e. The SMILES string of the molecule is O=C(CSc1nnc(CN2CCCCC2)n1-c1ccccc1)N1CCCCCCC1. The molecule has 0 radical (unpaired) electrons. The predicted molar refractivity (Wildman–Crippen MR) is 121 cm³/mol. The van der Waals surface area contributed by atoms with Crippen LogP contribution in [-0.4, -0.2) is 62.4 Å². The van der Waals surface area contributed by atoms with Gasteiger partial charge in [0.05, 0.1) is 12.3 Å². The van der Waals surface area contributed by atoms with Crippen LogP contribution in [0.3, 0.4) is 0 Å². The minimum Gasteiger partial charge on any atom is -0.342 e. The Labute approximate surface area is 184 Å². The number of amides is 1. The quantitative estimate of drug-likeness (QED) is 0.649. The zero-order valence-electron chi connectivity index (χ0n) is 17.8. The lowest BCUT2D eigenvalue weighted by Crippen LogP contribution is -2.35. The van der Waals surface area contributed by atoms with Crippen molar-refractivity contribution in [2.45, 2.75) is 63.1 Å². The number of thioether (sulfide) groups is 1. The van der Waals surface area contributed by atoms with Crippen LogP contribution in [0.5, 0.6) is 0 Å². The van der Waals surface area contributed by atoms with Crippen molar-refractivity contribution in [1.82, 2.24) is 24.6 Å². The van der Waals surface area contributed by atoms with Crippen molar-refractivity contribution < 1.29 is 4.79 Å². The Hall–Kier alpha value is -1.86. The molecule has 2 aliphatic rings. The van der Waals surface area contributed by atoms with Crippen LogP contribution in [0.2, 0.25) is 0 Å². The van der Waals surface area contributed by atoms with Crippen LogP contribution in [0.15, 0.2) is 35.5 Å². The lowest BCUT2D eigenvalue weighted by Gasteiger charge is -2.26. The molecular weight excluding hydrogens is 394 g/mol. The fourth-order valence-corrected chi connectivity index (χ4v) is 5.24. The molecule has 2 aliphatic heterocycles. The summed E-state index contributed by atoms with van der Waals surface area (Å²) in [5.41, 5.74) is 1.07. The molecule has 162 valence electrons. The fraction of sp³-hybridized carbons (Fsp3) is 0.609. The van der Waals surface area contributed by atoms with E-state index in [0.717, 1.165) is 62.2 Å². The van der Waals surface area contributed by atoms with E-state index in [1.54, 1.807) is 0 Å². The molecule has 0 saturated carbocycles. The van der Waals surface area contributed by atoms with Gasteiger partial charge < -0.3 is 4.90 Å². The summed E-state index contributed by atoms with van der Waals surface area (Å²) in [6, 6.07) is 10.3. The predicted octanol–water partition coefficient (Wildman–Crippen LogP) is 4.14. The van der Waals surface area contributed by atoms with E-state index in [1.165, 1.54) is 50.3 Å². The highest BCUT2D eigenvalue weighted by Crippen LogP contribution is 2.24. The Morgan fingerprint density at radius 3 is 2.20 bits per heavy atom. The number of piperidine rings is 1. The Balaban J connectivity index is 1.47. The number of aromatic nitrogens is 3. The summed E-state index contributed by atoms with van der Waals surface area (Å²) >= 11 is 1.52. The van der Waals surface area contributed by atoms with E-state index in [-0.39, 0.29) is 5.91 Å². The summed E-state index contributed by atoms with van der Waals surface area (Å²) in [6.07, 6.45) is 9.85. The van der Waals surface area contributed by atoms with Crippen LogP contribution in [0.4, 0.5) is 0 Å². The van der Waals surface area contributed by atoms with Crippen LogP contribution in [0, 0.1) is 0 Å². The maximum absolute atomic E-state index is 12.8. The van der Waals surface area contributed by atoms with Gasteiger partial charge in [0, 0.05) is 18.8 Å². The molecule has 0 bridgehead atoms. The second kappa shape index (κ2) is 11.0. The Morgan fingerprint density at radius 2 is 1.47 bits per heavy atom. The van der Waals surface area contributed by atoms with E-state index in [0.29, 0.717) is 5.75 Å². The highest BCUT2D eigenvalue weighted by Gasteiger charge is 2.21. The molecule has 30 heavy (non-hydrogen) atoms.